The Morgan fingerprint density at radius 1 is 1.48 bits per heavy atom. The first-order valence-electron chi connectivity index (χ1n) is 6.12. The molecule has 0 unspecified atom stereocenters. The summed E-state index contributed by atoms with van der Waals surface area (Å²) in [6.45, 7) is 3.16. The SMILES string of the molecule is Cc1cc([N+](=O)[O-])n(CC(=O)Nc2cccc(Cl)c2C)n1. The van der Waals surface area contributed by atoms with Crippen LogP contribution in [0.5, 0.6) is 0 Å². The molecule has 110 valence electrons. The number of nitrogens with zero attached hydrogens (tertiary/aromatic N) is 3. The monoisotopic (exact) mass is 308 g/mol. The highest BCUT2D eigenvalue weighted by Gasteiger charge is 2.19. The Labute approximate surface area is 125 Å². The van der Waals surface area contributed by atoms with Crippen LogP contribution in [0.4, 0.5) is 11.5 Å². The third kappa shape index (κ3) is 3.38. The Kier molecular flexibility index (Phi) is 4.23. The second kappa shape index (κ2) is 5.92. The largest absolute Gasteiger partial charge is 0.358 e. The van der Waals surface area contributed by atoms with Gasteiger partial charge in [0.25, 0.3) is 5.91 Å². The highest BCUT2D eigenvalue weighted by atomic mass is 35.5. The number of amides is 1. The van der Waals surface area contributed by atoms with Crippen LogP contribution in [0.1, 0.15) is 11.3 Å². The van der Waals surface area contributed by atoms with Gasteiger partial charge in [-0.25, -0.2) is 0 Å². The lowest BCUT2D eigenvalue weighted by Crippen LogP contribution is -2.21. The van der Waals surface area contributed by atoms with E-state index in [4.69, 9.17) is 11.6 Å². The van der Waals surface area contributed by atoms with E-state index >= 15 is 0 Å². The lowest BCUT2D eigenvalue weighted by Gasteiger charge is -2.08. The first-order chi connectivity index (χ1) is 9.88. The van der Waals surface area contributed by atoms with Gasteiger partial charge in [-0.15, -0.1) is 4.68 Å². The minimum Gasteiger partial charge on any atom is -0.358 e. The Balaban J connectivity index is 2.16. The van der Waals surface area contributed by atoms with Gasteiger partial charge in [-0.2, -0.15) is 0 Å². The maximum atomic E-state index is 12.0. The first-order valence-corrected chi connectivity index (χ1v) is 6.50. The van der Waals surface area contributed by atoms with Crippen molar-refractivity contribution in [2.45, 2.75) is 20.4 Å². The predicted molar refractivity (Wildman–Crippen MR) is 78.4 cm³/mol. The molecule has 1 N–H and O–H groups in total. The number of nitro groups is 1. The quantitative estimate of drug-likeness (QED) is 0.694. The van der Waals surface area contributed by atoms with Crippen LogP contribution in [0, 0.1) is 24.0 Å². The van der Waals surface area contributed by atoms with Crippen LogP contribution in [-0.2, 0) is 11.3 Å². The molecule has 0 saturated heterocycles. The van der Waals surface area contributed by atoms with Crippen molar-refractivity contribution in [1.82, 2.24) is 9.78 Å². The zero-order chi connectivity index (χ0) is 15.6. The minimum atomic E-state index is -0.572. The van der Waals surface area contributed by atoms with Gasteiger partial charge in [-0.05, 0) is 36.5 Å². The molecule has 1 amide bonds. The zero-order valence-corrected chi connectivity index (χ0v) is 12.2. The van der Waals surface area contributed by atoms with Crippen LogP contribution in [0.3, 0.4) is 0 Å². The predicted octanol–water partition coefficient (Wildman–Crippen LogP) is 2.70. The maximum Gasteiger partial charge on any atom is 0.345 e. The average molecular weight is 309 g/mol. The molecule has 0 fully saturated rings. The van der Waals surface area contributed by atoms with Gasteiger partial charge >= 0.3 is 5.82 Å². The van der Waals surface area contributed by atoms with Gasteiger partial charge in [0.05, 0.1) is 11.8 Å². The fourth-order valence-electron chi connectivity index (χ4n) is 1.86. The third-order valence-electron chi connectivity index (χ3n) is 2.90. The van der Waals surface area contributed by atoms with E-state index in [1.807, 2.05) is 0 Å². The molecular weight excluding hydrogens is 296 g/mol. The van der Waals surface area contributed by atoms with Crippen LogP contribution in [0.25, 0.3) is 0 Å². The molecule has 0 radical (unpaired) electrons. The molecule has 0 saturated carbocycles. The summed E-state index contributed by atoms with van der Waals surface area (Å²) in [4.78, 5) is 22.3. The fraction of sp³-hybridized carbons (Fsp3) is 0.231. The van der Waals surface area contributed by atoms with Gasteiger partial charge in [-0.3, -0.25) is 4.79 Å². The summed E-state index contributed by atoms with van der Waals surface area (Å²) < 4.78 is 1.06. The van der Waals surface area contributed by atoms with E-state index in [2.05, 4.69) is 10.4 Å². The molecule has 0 spiro atoms. The summed E-state index contributed by atoms with van der Waals surface area (Å²) >= 11 is 5.97. The topological polar surface area (TPSA) is 90.1 Å². The summed E-state index contributed by atoms with van der Waals surface area (Å²) in [7, 11) is 0. The van der Waals surface area contributed by atoms with E-state index < -0.39 is 10.8 Å². The lowest BCUT2D eigenvalue weighted by atomic mass is 10.2. The molecule has 0 aliphatic heterocycles. The van der Waals surface area contributed by atoms with Crippen LogP contribution < -0.4 is 5.32 Å². The van der Waals surface area contributed by atoms with Gasteiger partial charge < -0.3 is 15.4 Å². The van der Waals surface area contributed by atoms with E-state index in [0.717, 1.165) is 10.2 Å². The lowest BCUT2D eigenvalue weighted by molar-refractivity contribution is -0.392. The van der Waals surface area contributed by atoms with Gasteiger partial charge in [0.2, 0.25) is 0 Å². The molecule has 1 aromatic heterocycles. The Bertz CT molecular complexity index is 711. The molecule has 21 heavy (non-hydrogen) atoms. The number of hydrogen-bond donors (Lipinski definition) is 1. The molecular formula is C13H13ClN4O3. The molecule has 2 rings (SSSR count). The first kappa shape index (κ1) is 15.0. The standard InChI is InChI=1S/C13H13ClN4O3/c1-8-6-13(18(20)21)17(16-8)7-12(19)15-11-5-3-4-10(14)9(11)2/h3-6H,7H2,1-2H3,(H,15,19). The molecule has 0 atom stereocenters. The fourth-order valence-corrected chi connectivity index (χ4v) is 2.04. The Hall–Kier alpha value is -2.41. The van der Waals surface area contributed by atoms with Gasteiger partial charge in [0.1, 0.15) is 0 Å². The van der Waals surface area contributed by atoms with Crippen molar-refractivity contribution in [2.24, 2.45) is 0 Å². The number of nitrogens with one attached hydrogen (secondary N) is 1. The van der Waals surface area contributed by atoms with Crippen molar-refractivity contribution in [1.29, 1.82) is 0 Å². The molecule has 0 aliphatic rings. The number of rotatable bonds is 4. The molecule has 0 bridgehead atoms. The molecule has 2 aromatic rings. The minimum absolute atomic E-state index is 0.217. The van der Waals surface area contributed by atoms with E-state index in [9.17, 15) is 14.9 Å². The highest BCUT2D eigenvalue weighted by Crippen LogP contribution is 2.23. The van der Waals surface area contributed by atoms with Crippen LogP contribution in [-0.4, -0.2) is 20.6 Å². The van der Waals surface area contributed by atoms with Gasteiger partial charge in [-0.1, -0.05) is 22.8 Å². The smallest absolute Gasteiger partial charge is 0.345 e. The van der Waals surface area contributed by atoms with Gasteiger partial charge in [0.15, 0.2) is 6.54 Å². The van der Waals surface area contributed by atoms with Crippen molar-refractivity contribution in [3.05, 3.63) is 50.7 Å². The Morgan fingerprint density at radius 2 is 2.19 bits per heavy atom. The molecule has 0 aliphatic carbocycles. The average Bonchev–Trinajstić information content (AvgIpc) is 2.76. The summed E-state index contributed by atoms with van der Waals surface area (Å²) in [5, 5.41) is 18.0. The van der Waals surface area contributed by atoms with Gasteiger partial charge in [0, 0.05) is 10.7 Å². The number of halogens is 1. The second-order valence-electron chi connectivity index (χ2n) is 4.52. The number of hydrogen-bond acceptors (Lipinski definition) is 4. The van der Waals surface area contributed by atoms with Crippen molar-refractivity contribution in [2.75, 3.05) is 5.32 Å². The third-order valence-corrected chi connectivity index (χ3v) is 3.31. The van der Waals surface area contributed by atoms with E-state index in [-0.39, 0.29) is 12.4 Å². The number of aryl methyl sites for hydroxylation is 1. The van der Waals surface area contributed by atoms with Crippen molar-refractivity contribution >= 4 is 29.0 Å². The van der Waals surface area contributed by atoms with E-state index in [0.29, 0.717) is 16.4 Å². The summed E-state index contributed by atoms with van der Waals surface area (Å²) in [6, 6.07) is 6.46. The molecule has 1 aromatic carbocycles. The number of carbonyl (C=O) groups excluding carboxylic acids is 1. The Morgan fingerprint density at radius 3 is 2.86 bits per heavy atom. The molecule has 1 heterocycles. The van der Waals surface area contributed by atoms with Crippen LogP contribution >= 0.6 is 11.6 Å². The summed E-state index contributed by atoms with van der Waals surface area (Å²) in [5.41, 5.74) is 1.78. The second-order valence-corrected chi connectivity index (χ2v) is 4.93. The maximum absolute atomic E-state index is 12.0. The normalized spacial score (nSPS) is 10.4. The van der Waals surface area contributed by atoms with Crippen molar-refractivity contribution in [3.8, 4) is 0 Å². The van der Waals surface area contributed by atoms with Crippen LogP contribution in [0.2, 0.25) is 5.02 Å². The highest BCUT2D eigenvalue weighted by molar-refractivity contribution is 6.31. The van der Waals surface area contributed by atoms with Crippen LogP contribution in [0.15, 0.2) is 24.3 Å². The van der Waals surface area contributed by atoms with E-state index in [1.165, 1.54) is 6.07 Å². The van der Waals surface area contributed by atoms with Crippen molar-refractivity contribution < 1.29 is 9.72 Å². The molecule has 8 heteroatoms. The zero-order valence-electron chi connectivity index (χ0n) is 11.5. The molecule has 7 nitrogen and oxygen atoms in total. The van der Waals surface area contributed by atoms with Crippen molar-refractivity contribution in [3.63, 3.8) is 0 Å². The summed E-state index contributed by atoms with van der Waals surface area (Å²) in [6.07, 6.45) is 0. The number of benzene rings is 1. The number of aromatic nitrogens is 2. The number of carbonyl (C=O) groups is 1. The van der Waals surface area contributed by atoms with E-state index in [1.54, 1.807) is 32.0 Å². The number of anilines is 1. The summed E-state index contributed by atoms with van der Waals surface area (Å²) in [5.74, 6) is -0.628.